The Bertz CT molecular complexity index is 1020. The lowest BCUT2D eigenvalue weighted by molar-refractivity contribution is 0.343. The summed E-state index contributed by atoms with van der Waals surface area (Å²) < 4.78 is 16.3. The molecule has 0 atom stereocenters. The molecule has 0 aliphatic heterocycles. The van der Waals surface area contributed by atoms with Crippen molar-refractivity contribution < 1.29 is 14.2 Å². The van der Waals surface area contributed by atoms with E-state index in [1.807, 2.05) is 13.8 Å². The SMILES string of the molecule is COc1cc(-c2cc(Cl)c(Oc3cc(C(C)C)c(Cl)nn3)c(Cl)c2)cnc1OC. The Morgan fingerprint density at radius 1 is 0.862 bits per heavy atom. The van der Waals surface area contributed by atoms with Crippen LogP contribution in [0.1, 0.15) is 25.3 Å². The number of pyridine rings is 1. The smallest absolute Gasteiger partial charge is 0.256 e. The van der Waals surface area contributed by atoms with Crippen molar-refractivity contribution in [3.8, 4) is 34.4 Å². The minimum Gasteiger partial charge on any atom is -0.491 e. The Kier molecular flexibility index (Phi) is 6.67. The van der Waals surface area contributed by atoms with Crippen LogP contribution in [-0.2, 0) is 0 Å². The summed E-state index contributed by atoms with van der Waals surface area (Å²) in [4.78, 5) is 4.23. The van der Waals surface area contributed by atoms with E-state index in [4.69, 9.17) is 49.0 Å². The molecule has 6 nitrogen and oxygen atoms in total. The molecular weight excluding hydrogens is 437 g/mol. The molecule has 2 heterocycles. The van der Waals surface area contributed by atoms with Gasteiger partial charge in [0.2, 0.25) is 5.88 Å². The van der Waals surface area contributed by atoms with Crippen LogP contribution < -0.4 is 14.2 Å². The monoisotopic (exact) mass is 453 g/mol. The molecule has 29 heavy (non-hydrogen) atoms. The first-order valence-electron chi connectivity index (χ1n) is 8.62. The highest BCUT2D eigenvalue weighted by molar-refractivity contribution is 6.37. The molecule has 0 unspecified atom stereocenters. The van der Waals surface area contributed by atoms with Crippen LogP contribution in [0.15, 0.2) is 30.5 Å². The molecule has 0 bridgehead atoms. The predicted octanol–water partition coefficient (Wildman–Crippen LogP) is 6.43. The normalized spacial score (nSPS) is 10.9. The highest BCUT2D eigenvalue weighted by atomic mass is 35.5. The standard InChI is InChI=1S/C20H18Cl3N3O3/c1-10(2)13-8-17(25-26-19(13)23)29-18-14(21)5-11(6-15(18)22)12-7-16(27-3)20(28-4)24-9-12/h5-10H,1-4H3. The van der Waals surface area contributed by atoms with Gasteiger partial charge in [0.15, 0.2) is 16.7 Å². The Morgan fingerprint density at radius 3 is 2.14 bits per heavy atom. The van der Waals surface area contributed by atoms with Gasteiger partial charge in [-0.3, -0.25) is 0 Å². The number of aromatic nitrogens is 3. The summed E-state index contributed by atoms with van der Waals surface area (Å²) in [6.07, 6.45) is 1.64. The summed E-state index contributed by atoms with van der Waals surface area (Å²) in [5, 5.41) is 8.84. The Labute approximate surface area is 183 Å². The van der Waals surface area contributed by atoms with E-state index < -0.39 is 0 Å². The van der Waals surface area contributed by atoms with Crippen LogP contribution in [0.5, 0.6) is 23.3 Å². The van der Waals surface area contributed by atoms with Crippen LogP contribution in [0.2, 0.25) is 15.2 Å². The highest BCUT2D eigenvalue weighted by Gasteiger charge is 2.16. The number of benzene rings is 1. The van der Waals surface area contributed by atoms with Crippen LogP contribution >= 0.6 is 34.8 Å². The zero-order valence-electron chi connectivity index (χ0n) is 16.2. The molecule has 2 aromatic heterocycles. The lowest BCUT2D eigenvalue weighted by Crippen LogP contribution is -1.98. The fourth-order valence-electron chi connectivity index (χ4n) is 2.65. The van der Waals surface area contributed by atoms with E-state index in [1.54, 1.807) is 37.6 Å². The molecule has 0 spiro atoms. The molecule has 152 valence electrons. The molecular formula is C20H18Cl3N3O3. The van der Waals surface area contributed by atoms with Gasteiger partial charge in [-0.05, 0) is 35.2 Å². The van der Waals surface area contributed by atoms with E-state index in [0.29, 0.717) is 26.8 Å². The van der Waals surface area contributed by atoms with E-state index in [1.165, 1.54) is 7.11 Å². The molecule has 0 aliphatic rings. The number of hydrogen-bond acceptors (Lipinski definition) is 6. The topological polar surface area (TPSA) is 66.4 Å². The fourth-order valence-corrected chi connectivity index (χ4v) is 3.52. The molecule has 0 saturated carbocycles. The molecule has 0 saturated heterocycles. The number of halogens is 3. The van der Waals surface area contributed by atoms with Gasteiger partial charge in [0.1, 0.15) is 0 Å². The maximum atomic E-state index is 6.44. The van der Waals surface area contributed by atoms with Gasteiger partial charge < -0.3 is 14.2 Å². The number of nitrogens with zero attached hydrogens (tertiary/aromatic N) is 3. The van der Waals surface area contributed by atoms with E-state index in [0.717, 1.165) is 16.7 Å². The minimum atomic E-state index is 0.159. The molecule has 0 radical (unpaired) electrons. The van der Waals surface area contributed by atoms with Gasteiger partial charge >= 0.3 is 0 Å². The van der Waals surface area contributed by atoms with Gasteiger partial charge in [-0.15, -0.1) is 10.2 Å². The lowest BCUT2D eigenvalue weighted by Gasteiger charge is -2.13. The highest BCUT2D eigenvalue weighted by Crippen LogP contribution is 2.41. The minimum absolute atomic E-state index is 0.159. The zero-order chi connectivity index (χ0) is 21.1. The van der Waals surface area contributed by atoms with Crippen molar-refractivity contribution in [1.29, 1.82) is 0 Å². The Hall–Kier alpha value is -2.28. The van der Waals surface area contributed by atoms with Crippen molar-refractivity contribution in [2.24, 2.45) is 0 Å². The first-order valence-corrected chi connectivity index (χ1v) is 9.75. The maximum Gasteiger partial charge on any atom is 0.256 e. The van der Waals surface area contributed by atoms with Crippen LogP contribution in [0.25, 0.3) is 11.1 Å². The summed E-state index contributed by atoms with van der Waals surface area (Å²) in [7, 11) is 3.06. The Balaban J connectivity index is 1.96. The average molecular weight is 455 g/mol. The van der Waals surface area contributed by atoms with Gasteiger partial charge in [0.05, 0.1) is 24.3 Å². The van der Waals surface area contributed by atoms with E-state index in [-0.39, 0.29) is 17.5 Å². The molecule has 0 aliphatic carbocycles. The molecule has 0 amide bonds. The van der Waals surface area contributed by atoms with Gasteiger partial charge in [0.25, 0.3) is 5.88 Å². The van der Waals surface area contributed by atoms with E-state index in [2.05, 4.69) is 15.2 Å². The molecule has 1 aromatic carbocycles. The van der Waals surface area contributed by atoms with Crippen molar-refractivity contribution in [3.63, 3.8) is 0 Å². The van der Waals surface area contributed by atoms with Crippen LogP contribution in [0.3, 0.4) is 0 Å². The van der Waals surface area contributed by atoms with Gasteiger partial charge in [-0.25, -0.2) is 4.98 Å². The second-order valence-electron chi connectivity index (χ2n) is 6.39. The van der Waals surface area contributed by atoms with Crippen LogP contribution in [0.4, 0.5) is 0 Å². The third kappa shape index (κ3) is 4.66. The third-order valence-electron chi connectivity index (χ3n) is 4.15. The number of methoxy groups -OCH3 is 2. The molecule has 3 aromatic rings. The molecule has 3 rings (SSSR count). The second kappa shape index (κ2) is 9.03. The van der Waals surface area contributed by atoms with Crippen LogP contribution in [-0.4, -0.2) is 29.4 Å². The van der Waals surface area contributed by atoms with E-state index >= 15 is 0 Å². The van der Waals surface area contributed by atoms with Crippen molar-refractivity contribution in [1.82, 2.24) is 15.2 Å². The van der Waals surface area contributed by atoms with Crippen molar-refractivity contribution in [3.05, 3.63) is 51.2 Å². The maximum absolute atomic E-state index is 6.44. The molecule has 9 heteroatoms. The van der Waals surface area contributed by atoms with Crippen molar-refractivity contribution in [2.45, 2.75) is 19.8 Å². The third-order valence-corrected chi connectivity index (χ3v) is 5.00. The summed E-state index contributed by atoms with van der Waals surface area (Å²) in [5.74, 6) is 1.57. The molecule has 0 N–H and O–H groups in total. The van der Waals surface area contributed by atoms with E-state index in [9.17, 15) is 0 Å². The Morgan fingerprint density at radius 2 is 1.55 bits per heavy atom. The summed E-state index contributed by atoms with van der Waals surface area (Å²) >= 11 is 19.0. The summed E-state index contributed by atoms with van der Waals surface area (Å²) in [5.41, 5.74) is 2.31. The summed E-state index contributed by atoms with van der Waals surface area (Å²) in [6, 6.07) is 6.95. The second-order valence-corrected chi connectivity index (χ2v) is 7.56. The average Bonchev–Trinajstić information content (AvgIpc) is 2.70. The first kappa shape index (κ1) is 21.4. The van der Waals surface area contributed by atoms with Crippen molar-refractivity contribution in [2.75, 3.05) is 14.2 Å². The fraction of sp³-hybridized carbons (Fsp3) is 0.250. The van der Waals surface area contributed by atoms with Gasteiger partial charge in [-0.2, -0.15) is 0 Å². The number of hydrogen-bond donors (Lipinski definition) is 0. The van der Waals surface area contributed by atoms with Gasteiger partial charge in [0, 0.05) is 17.8 Å². The lowest BCUT2D eigenvalue weighted by atomic mass is 10.1. The summed E-state index contributed by atoms with van der Waals surface area (Å²) in [6.45, 7) is 4.00. The zero-order valence-corrected chi connectivity index (χ0v) is 18.4. The predicted molar refractivity (Wildman–Crippen MR) is 114 cm³/mol. The quantitative estimate of drug-likeness (QED) is 0.427. The molecule has 0 fully saturated rings. The number of rotatable bonds is 6. The van der Waals surface area contributed by atoms with Crippen molar-refractivity contribution >= 4 is 34.8 Å². The van der Waals surface area contributed by atoms with Gasteiger partial charge in [-0.1, -0.05) is 48.7 Å². The largest absolute Gasteiger partial charge is 0.491 e. The first-order chi connectivity index (χ1) is 13.8. The van der Waals surface area contributed by atoms with Crippen LogP contribution in [0, 0.1) is 0 Å². The number of ether oxygens (including phenoxy) is 3.